The van der Waals surface area contributed by atoms with Crippen LogP contribution in [0.5, 0.6) is 0 Å². The van der Waals surface area contributed by atoms with Crippen LogP contribution in [-0.4, -0.2) is 12.5 Å². The number of Topliss-reactive ketones (excluding diaryl/α,β-unsaturated/α-hetero) is 1. The number of carbonyl (C=O) groups excluding carboxylic acids is 1. The summed E-state index contributed by atoms with van der Waals surface area (Å²) in [5, 5.41) is 0. The number of halogens is 1. The van der Waals surface area contributed by atoms with Gasteiger partial charge >= 0.3 is 0 Å². The van der Waals surface area contributed by atoms with Crippen molar-refractivity contribution in [2.24, 2.45) is 4.99 Å². The first kappa shape index (κ1) is 9.75. The summed E-state index contributed by atoms with van der Waals surface area (Å²) in [6.07, 6.45) is 2.47. The maximum absolute atomic E-state index is 12.2. The van der Waals surface area contributed by atoms with Gasteiger partial charge in [0.05, 0.1) is 0 Å². The van der Waals surface area contributed by atoms with Crippen molar-refractivity contribution in [1.29, 1.82) is 0 Å². The van der Waals surface area contributed by atoms with Crippen molar-refractivity contribution in [3.05, 3.63) is 23.7 Å². The van der Waals surface area contributed by atoms with Gasteiger partial charge in [0.15, 0.2) is 5.78 Å². The van der Waals surface area contributed by atoms with E-state index >= 15 is 0 Å². The van der Waals surface area contributed by atoms with Crippen LogP contribution in [0.15, 0.2) is 28.7 Å². The van der Waals surface area contributed by atoms with Crippen molar-refractivity contribution in [3.8, 4) is 0 Å². The van der Waals surface area contributed by atoms with E-state index in [0.29, 0.717) is 5.57 Å². The Morgan fingerprint density at radius 3 is 2.36 bits per heavy atom. The molecule has 0 aromatic heterocycles. The van der Waals surface area contributed by atoms with Crippen LogP contribution in [0.25, 0.3) is 0 Å². The van der Waals surface area contributed by atoms with Crippen LogP contribution in [0.2, 0.25) is 0 Å². The van der Waals surface area contributed by atoms with E-state index in [2.05, 4.69) is 11.7 Å². The minimum atomic E-state index is -0.689. The van der Waals surface area contributed by atoms with Crippen LogP contribution in [0, 0.1) is 0 Å². The molecule has 0 aliphatic rings. The Balaban J connectivity index is 4.34. The molecule has 0 bridgehead atoms. The van der Waals surface area contributed by atoms with Gasteiger partial charge < -0.3 is 0 Å². The predicted molar refractivity (Wildman–Crippen MR) is 43.2 cm³/mol. The van der Waals surface area contributed by atoms with Gasteiger partial charge in [0.2, 0.25) is 5.95 Å². The first-order valence-corrected chi connectivity index (χ1v) is 3.09. The zero-order valence-electron chi connectivity index (χ0n) is 6.60. The number of aliphatic imine (C=N–C) groups is 1. The minimum Gasteiger partial charge on any atom is -0.295 e. The molecule has 0 radical (unpaired) electrons. The van der Waals surface area contributed by atoms with E-state index < -0.39 is 5.95 Å². The minimum absolute atomic E-state index is 0.0851. The highest BCUT2D eigenvalue weighted by molar-refractivity contribution is 5.92. The molecular formula is C8H10FNO. The predicted octanol–water partition coefficient (Wildman–Crippen LogP) is 2.03. The zero-order valence-corrected chi connectivity index (χ0v) is 6.60. The molecule has 0 amide bonds. The first-order valence-electron chi connectivity index (χ1n) is 3.09. The molecular weight excluding hydrogens is 145 g/mol. The standard InChI is InChI=1S/C8H10FNO/c1-6(7(2)11)4-5-8(9)10-3/h4-5H,3H2,1-2H3/b6-4+,8-5-. The van der Waals surface area contributed by atoms with Crippen molar-refractivity contribution in [2.75, 3.05) is 0 Å². The third-order valence-electron chi connectivity index (χ3n) is 1.18. The Kier molecular flexibility index (Phi) is 4.03. The second-order valence-corrected chi connectivity index (χ2v) is 2.05. The molecule has 0 N–H and O–H groups in total. The molecule has 11 heavy (non-hydrogen) atoms. The molecule has 0 fully saturated rings. The zero-order chi connectivity index (χ0) is 8.85. The number of hydrogen-bond donors (Lipinski definition) is 0. The number of rotatable bonds is 3. The third kappa shape index (κ3) is 4.19. The Bertz CT molecular complexity index is 228. The first-order chi connectivity index (χ1) is 5.07. The number of hydrogen-bond acceptors (Lipinski definition) is 2. The maximum Gasteiger partial charge on any atom is 0.212 e. The highest BCUT2D eigenvalue weighted by atomic mass is 19.1. The Labute approximate surface area is 65.1 Å². The lowest BCUT2D eigenvalue weighted by molar-refractivity contribution is -0.113. The molecule has 0 atom stereocenters. The summed E-state index contributed by atoms with van der Waals surface area (Å²) >= 11 is 0. The summed E-state index contributed by atoms with van der Waals surface area (Å²) in [5.74, 6) is -0.774. The van der Waals surface area contributed by atoms with E-state index in [0.717, 1.165) is 6.08 Å². The molecule has 0 aromatic rings. The summed E-state index contributed by atoms with van der Waals surface area (Å²) < 4.78 is 12.2. The number of allylic oxidation sites excluding steroid dienone is 3. The van der Waals surface area contributed by atoms with E-state index in [1.807, 2.05) is 0 Å². The SMILES string of the molecule is C=N/C(F)=C\C=C(/C)C(C)=O. The topological polar surface area (TPSA) is 29.4 Å². The fourth-order valence-electron chi connectivity index (χ4n) is 0.364. The van der Waals surface area contributed by atoms with Crippen LogP contribution in [-0.2, 0) is 4.79 Å². The monoisotopic (exact) mass is 155 g/mol. The van der Waals surface area contributed by atoms with Crippen molar-refractivity contribution in [3.63, 3.8) is 0 Å². The highest BCUT2D eigenvalue weighted by Crippen LogP contribution is 2.00. The fraction of sp³-hybridized carbons (Fsp3) is 0.250. The lowest BCUT2D eigenvalue weighted by atomic mass is 10.2. The summed E-state index contributed by atoms with van der Waals surface area (Å²) in [7, 11) is 0. The van der Waals surface area contributed by atoms with E-state index in [-0.39, 0.29) is 5.78 Å². The molecule has 0 aromatic carbocycles. The van der Waals surface area contributed by atoms with Crippen LogP contribution >= 0.6 is 0 Å². The summed E-state index contributed by atoms with van der Waals surface area (Å²) in [6, 6.07) is 0. The van der Waals surface area contributed by atoms with Gasteiger partial charge in [-0.2, -0.15) is 4.39 Å². The normalized spacial score (nSPS) is 13.0. The highest BCUT2D eigenvalue weighted by Gasteiger charge is 1.93. The molecule has 0 saturated heterocycles. The fourth-order valence-corrected chi connectivity index (χ4v) is 0.364. The molecule has 60 valence electrons. The number of nitrogens with zero attached hydrogens (tertiary/aromatic N) is 1. The lowest BCUT2D eigenvalue weighted by Gasteiger charge is -1.88. The van der Waals surface area contributed by atoms with Crippen molar-refractivity contribution >= 4 is 12.5 Å². The molecule has 2 nitrogen and oxygen atoms in total. The number of carbonyl (C=O) groups is 1. The number of ketones is 1. The van der Waals surface area contributed by atoms with Crippen LogP contribution in [0.4, 0.5) is 4.39 Å². The second kappa shape index (κ2) is 4.55. The van der Waals surface area contributed by atoms with E-state index in [1.54, 1.807) is 6.92 Å². The van der Waals surface area contributed by atoms with Crippen molar-refractivity contribution in [1.82, 2.24) is 0 Å². The molecule has 0 rings (SSSR count). The van der Waals surface area contributed by atoms with E-state index in [4.69, 9.17) is 0 Å². The molecule has 0 saturated carbocycles. The Morgan fingerprint density at radius 1 is 1.45 bits per heavy atom. The molecule has 0 unspecified atom stereocenters. The molecule has 0 heterocycles. The smallest absolute Gasteiger partial charge is 0.212 e. The average Bonchev–Trinajstić information content (AvgIpc) is 1.99. The van der Waals surface area contributed by atoms with Gasteiger partial charge in [-0.25, -0.2) is 4.99 Å². The van der Waals surface area contributed by atoms with Crippen LogP contribution < -0.4 is 0 Å². The second-order valence-electron chi connectivity index (χ2n) is 2.05. The quantitative estimate of drug-likeness (QED) is 0.265. The van der Waals surface area contributed by atoms with Gasteiger partial charge in [-0.15, -0.1) is 0 Å². The van der Waals surface area contributed by atoms with Crippen molar-refractivity contribution < 1.29 is 9.18 Å². The molecule has 0 spiro atoms. The van der Waals surface area contributed by atoms with Gasteiger partial charge in [0.1, 0.15) is 0 Å². The van der Waals surface area contributed by atoms with Gasteiger partial charge in [-0.3, -0.25) is 4.79 Å². The molecule has 0 aliphatic carbocycles. The van der Waals surface area contributed by atoms with Gasteiger partial charge in [0.25, 0.3) is 0 Å². The summed E-state index contributed by atoms with van der Waals surface area (Å²) in [4.78, 5) is 13.6. The third-order valence-corrected chi connectivity index (χ3v) is 1.18. The van der Waals surface area contributed by atoms with Gasteiger partial charge in [-0.05, 0) is 32.2 Å². The molecule has 3 heteroatoms. The summed E-state index contributed by atoms with van der Waals surface area (Å²) in [5.41, 5.74) is 0.490. The van der Waals surface area contributed by atoms with E-state index in [9.17, 15) is 9.18 Å². The Morgan fingerprint density at radius 2 is 2.00 bits per heavy atom. The van der Waals surface area contributed by atoms with Crippen LogP contribution in [0.1, 0.15) is 13.8 Å². The maximum atomic E-state index is 12.2. The van der Waals surface area contributed by atoms with Gasteiger partial charge in [-0.1, -0.05) is 6.08 Å². The van der Waals surface area contributed by atoms with E-state index in [1.165, 1.54) is 13.0 Å². The largest absolute Gasteiger partial charge is 0.295 e. The summed E-state index contributed by atoms with van der Waals surface area (Å²) in [6.45, 7) is 6.00. The van der Waals surface area contributed by atoms with Crippen LogP contribution in [0.3, 0.4) is 0 Å². The lowest BCUT2D eigenvalue weighted by Crippen LogP contribution is -1.89. The van der Waals surface area contributed by atoms with Gasteiger partial charge in [0, 0.05) is 0 Å². The van der Waals surface area contributed by atoms with Crippen molar-refractivity contribution in [2.45, 2.75) is 13.8 Å². The average molecular weight is 155 g/mol. The molecule has 0 aliphatic heterocycles. The Hall–Kier alpha value is -1.25.